The van der Waals surface area contributed by atoms with Crippen molar-refractivity contribution in [1.82, 2.24) is 0 Å². The molecule has 4 rings (SSSR count). The average molecular weight is 1220 g/mol. The maximum absolute atomic E-state index is 10.4. The van der Waals surface area contributed by atoms with Crippen LogP contribution in [-0.4, -0.2) is 40.4 Å². The monoisotopic (exact) mass is 1220 g/mol. The molecule has 0 bridgehead atoms. The zero-order valence-electron chi connectivity index (χ0n) is 28.6. The number of aliphatic hydroxyl groups is 3. The van der Waals surface area contributed by atoms with Crippen molar-refractivity contribution in [3.63, 3.8) is 0 Å². The standard InChI is InChI=1S/C16H30O2.C16H28O2.8Y/c2*1-12(6-3-4-11-17)13-8-9-14-15(18)7-5-10-16(13,14)2;;;;;;;;/h12-15,17-18H,3-11H2,1-2H3;11-15,18H,3-10H2,1-2H3;;;;;;;;/t2*12-,13?,14+,15?,16-;;;;;;;;/m11......../s1. The van der Waals surface area contributed by atoms with Gasteiger partial charge < -0.3 is 20.1 Å². The number of aldehydes is 1. The maximum atomic E-state index is 10.4. The Kier molecular flexibility index (Phi) is 49.0. The first kappa shape index (κ1) is 64.3. The van der Waals surface area contributed by atoms with Gasteiger partial charge in [0.05, 0.1) is 12.2 Å². The quantitative estimate of drug-likeness (QED) is 0.164. The van der Waals surface area contributed by atoms with Gasteiger partial charge in [0.1, 0.15) is 6.29 Å². The van der Waals surface area contributed by atoms with Gasteiger partial charge >= 0.3 is 0 Å². The van der Waals surface area contributed by atoms with Crippen LogP contribution >= 0.6 is 0 Å². The zero-order valence-corrected chi connectivity index (χ0v) is 51.3. The minimum Gasteiger partial charge on any atom is -0.396 e. The molecule has 4 aliphatic carbocycles. The van der Waals surface area contributed by atoms with Gasteiger partial charge in [-0.3, -0.25) is 0 Å². The number of aliphatic hydroxyl groups excluding tert-OH is 3. The number of hydrogen-bond donors (Lipinski definition) is 3. The first-order valence-corrected chi connectivity index (χ1v) is 15.6. The summed E-state index contributed by atoms with van der Waals surface area (Å²) in [4.78, 5) is 10.4. The Morgan fingerprint density at radius 1 is 0.636 bits per heavy atom. The molecule has 44 heavy (non-hydrogen) atoms. The Bertz CT molecular complexity index is 697. The molecule has 8 radical (unpaired) electrons. The summed E-state index contributed by atoms with van der Waals surface area (Å²) in [5.74, 6) is 4.07. The van der Waals surface area contributed by atoms with E-state index in [2.05, 4.69) is 27.7 Å². The number of fused-ring (bicyclic) bond motifs is 2. The van der Waals surface area contributed by atoms with Gasteiger partial charge in [0.2, 0.25) is 0 Å². The summed E-state index contributed by atoms with van der Waals surface area (Å²) in [6.07, 6.45) is 19.2. The summed E-state index contributed by atoms with van der Waals surface area (Å²) in [6.45, 7) is 9.91. The van der Waals surface area contributed by atoms with Crippen molar-refractivity contribution in [2.24, 2.45) is 46.3 Å². The molecule has 4 fully saturated rings. The minimum atomic E-state index is -0.0593. The van der Waals surface area contributed by atoms with E-state index in [4.69, 9.17) is 5.11 Å². The molecule has 0 aromatic rings. The molecule has 0 heterocycles. The molecular weight excluding hydrogens is 1160 g/mol. The fraction of sp³-hybridized carbons (Fsp3) is 0.969. The van der Waals surface area contributed by atoms with E-state index < -0.39 is 0 Å². The summed E-state index contributed by atoms with van der Waals surface area (Å²) >= 11 is 0. The molecule has 3 N–H and O–H groups in total. The van der Waals surface area contributed by atoms with E-state index in [0.717, 1.165) is 56.1 Å². The van der Waals surface area contributed by atoms with Gasteiger partial charge in [0, 0.05) is 275 Å². The number of carbonyl (C=O) groups excluding carboxylic acids is 1. The van der Waals surface area contributed by atoms with Crippen LogP contribution in [0, 0.1) is 46.3 Å². The molecule has 10 atom stereocenters. The van der Waals surface area contributed by atoms with Crippen molar-refractivity contribution in [2.75, 3.05) is 6.61 Å². The molecule has 0 aliphatic heterocycles. The van der Waals surface area contributed by atoms with Crippen LogP contribution in [0.5, 0.6) is 0 Å². The summed E-state index contributed by atoms with van der Waals surface area (Å²) in [6, 6.07) is 0. The third-order valence-electron chi connectivity index (χ3n) is 11.7. The van der Waals surface area contributed by atoms with Crippen LogP contribution in [0.4, 0.5) is 0 Å². The van der Waals surface area contributed by atoms with Crippen LogP contribution in [0.1, 0.15) is 130 Å². The zero-order chi connectivity index (χ0) is 26.3. The van der Waals surface area contributed by atoms with Gasteiger partial charge in [0.25, 0.3) is 0 Å². The second-order valence-electron chi connectivity index (χ2n) is 13.8. The summed E-state index contributed by atoms with van der Waals surface area (Å²) in [5, 5.41) is 29.3. The molecule has 4 unspecified atom stereocenters. The van der Waals surface area contributed by atoms with Crippen molar-refractivity contribution < 1.29 is 282 Å². The van der Waals surface area contributed by atoms with Gasteiger partial charge in [-0.25, -0.2) is 0 Å². The topological polar surface area (TPSA) is 77.8 Å². The number of hydrogen-bond acceptors (Lipinski definition) is 4. The SMILES string of the molecule is C[C@H](CCCC=O)C1CC[C@H]2C(O)CCC[C@]12C.C[C@H](CCCCO)C1CC[C@H]2C(O)CCC[C@]12C.[Y].[Y].[Y].[Y].[Y].[Y].[Y].[Y]. The van der Waals surface area contributed by atoms with Gasteiger partial charge in [-0.2, -0.15) is 0 Å². The predicted octanol–water partition coefficient (Wildman–Crippen LogP) is 6.91. The molecule has 4 nitrogen and oxygen atoms in total. The van der Waals surface area contributed by atoms with Crippen LogP contribution < -0.4 is 0 Å². The predicted molar refractivity (Wildman–Crippen MR) is 148 cm³/mol. The molecule has 0 amide bonds. The first-order valence-electron chi connectivity index (χ1n) is 15.6. The number of carbonyl (C=O) groups is 1. The molecular formula is C32H58O4Y8. The van der Waals surface area contributed by atoms with Gasteiger partial charge in [0.15, 0.2) is 0 Å². The van der Waals surface area contributed by atoms with E-state index in [-0.39, 0.29) is 274 Å². The largest absolute Gasteiger partial charge is 0.396 e. The summed E-state index contributed by atoms with van der Waals surface area (Å²) in [7, 11) is 0. The first-order chi connectivity index (χ1) is 17.2. The molecule has 12 heteroatoms. The van der Waals surface area contributed by atoms with E-state index in [9.17, 15) is 15.0 Å². The number of unbranched alkanes of at least 4 members (excludes halogenated alkanes) is 2. The fourth-order valence-corrected chi connectivity index (χ4v) is 9.75. The van der Waals surface area contributed by atoms with Crippen LogP contribution in [0.2, 0.25) is 0 Å². The maximum Gasteiger partial charge on any atom is 0.119 e. The molecule has 0 aromatic heterocycles. The third kappa shape index (κ3) is 18.1. The van der Waals surface area contributed by atoms with E-state index in [1.54, 1.807) is 0 Å². The Labute approximate surface area is 473 Å². The molecule has 4 aliphatic rings. The van der Waals surface area contributed by atoms with Crippen molar-refractivity contribution in [3.05, 3.63) is 0 Å². The van der Waals surface area contributed by atoms with E-state index >= 15 is 0 Å². The minimum absolute atomic E-state index is 0. The van der Waals surface area contributed by atoms with Crippen molar-refractivity contribution in [1.29, 1.82) is 0 Å². The smallest absolute Gasteiger partial charge is 0.119 e. The van der Waals surface area contributed by atoms with Crippen LogP contribution in [0.25, 0.3) is 0 Å². The van der Waals surface area contributed by atoms with Gasteiger partial charge in [-0.15, -0.1) is 0 Å². The normalized spacial score (nSPS) is 34.0. The van der Waals surface area contributed by atoms with Crippen molar-refractivity contribution in [2.45, 2.75) is 143 Å². The second-order valence-corrected chi connectivity index (χ2v) is 13.8. The van der Waals surface area contributed by atoms with Crippen molar-refractivity contribution in [3.8, 4) is 0 Å². The molecule has 0 saturated heterocycles. The van der Waals surface area contributed by atoms with E-state index in [0.29, 0.717) is 41.6 Å². The Hall–Kier alpha value is 8.38. The van der Waals surface area contributed by atoms with Gasteiger partial charge in [-0.05, 0) is 111 Å². The summed E-state index contributed by atoms with van der Waals surface area (Å²) < 4.78 is 0. The third-order valence-corrected chi connectivity index (χ3v) is 11.7. The molecule has 0 aromatic carbocycles. The Morgan fingerprint density at radius 3 is 1.39 bits per heavy atom. The van der Waals surface area contributed by atoms with Crippen LogP contribution in [-0.2, 0) is 266 Å². The Morgan fingerprint density at radius 2 is 1.02 bits per heavy atom. The van der Waals surface area contributed by atoms with Gasteiger partial charge in [-0.1, -0.05) is 59.8 Å². The van der Waals surface area contributed by atoms with Crippen LogP contribution in [0.3, 0.4) is 0 Å². The number of rotatable bonds is 10. The van der Waals surface area contributed by atoms with Crippen molar-refractivity contribution >= 4 is 6.29 Å². The fourth-order valence-electron chi connectivity index (χ4n) is 9.75. The van der Waals surface area contributed by atoms with E-state index in [1.165, 1.54) is 64.2 Å². The molecule has 0 spiro atoms. The molecule has 234 valence electrons. The average Bonchev–Trinajstić information content (AvgIpc) is 3.38. The summed E-state index contributed by atoms with van der Waals surface area (Å²) in [5.41, 5.74) is 0.745. The second kappa shape index (κ2) is 33.5. The molecule has 4 saturated carbocycles. The van der Waals surface area contributed by atoms with E-state index in [1.807, 2.05) is 0 Å². The Balaban J connectivity index is -0.000000139. The van der Waals surface area contributed by atoms with Crippen LogP contribution in [0.15, 0.2) is 0 Å².